The standard InChI is InChI=1S/C19H22ClNO4/c1-12(2)11-25-17-8-5-13(9-16(17)20)21-19(22)15-7-6-14(23-3)10-18(15)24-4/h5-10,12H,11H2,1-4H3,(H,21,22). The molecule has 0 aliphatic heterocycles. The molecule has 0 atom stereocenters. The van der Waals surface area contributed by atoms with Gasteiger partial charge >= 0.3 is 0 Å². The molecule has 5 nitrogen and oxygen atoms in total. The average molecular weight is 364 g/mol. The highest BCUT2D eigenvalue weighted by Crippen LogP contribution is 2.29. The second kappa shape index (κ2) is 8.62. The SMILES string of the molecule is COc1ccc(C(=O)Nc2ccc(OCC(C)C)c(Cl)c2)c(OC)c1. The Morgan fingerprint density at radius 2 is 1.84 bits per heavy atom. The first-order valence-corrected chi connectivity index (χ1v) is 8.28. The topological polar surface area (TPSA) is 56.8 Å². The van der Waals surface area contributed by atoms with Gasteiger partial charge in [-0.3, -0.25) is 4.79 Å². The molecule has 0 aliphatic carbocycles. The van der Waals surface area contributed by atoms with Gasteiger partial charge in [0.25, 0.3) is 5.91 Å². The van der Waals surface area contributed by atoms with Crippen LogP contribution in [-0.4, -0.2) is 26.7 Å². The average Bonchev–Trinajstić information content (AvgIpc) is 2.60. The van der Waals surface area contributed by atoms with Gasteiger partial charge in [0.05, 0.1) is 31.4 Å². The van der Waals surface area contributed by atoms with E-state index in [4.69, 9.17) is 25.8 Å². The molecule has 0 heterocycles. The minimum Gasteiger partial charge on any atom is -0.497 e. The van der Waals surface area contributed by atoms with Crippen molar-refractivity contribution in [1.82, 2.24) is 0 Å². The van der Waals surface area contributed by atoms with Crippen molar-refractivity contribution in [2.24, 2.45) is 5.92 Å². The van der Waals surface area contributed by atoms with Crippen LogP contribution in [0, 0.1) is 5.92 Å². The van der Waals surface area contributed by atoms with Crippen LogP contribution in [0.15, 0.2) is 36.4 Å². The van der Waals surface area contributed by atoms with Gasteiger partial charge in [0.1, 0.15) is 17.2 Å². The first-order valence-electron chi connectivity index (χ1n) is 7.90. The predicted octanol–water partition coefficient (Wildman–Crippen LogP) is 4.64. The van der Waals surface area contributed by atoms with Crippen molar-refractivity contribution >= 4 is 23.2 Å². The van der Waals surface area contributed by atoms with Crippen LogP contribution < -0.4 is 19.5 Å². The first-order chi connectivity index (χ1) is 11.9. The molecular formula is C19H22ClNO4. The van der Waals surface area contributed by atoms with E-state index in [1.807, 2.05) is 0 Å². The van der Waals surface area contributed by atoms with E-state index in [-0.39, 0.29) is 5.91 Å². The maximum absolute atomic E-state index is 12.5. The lowest BCUT2D eigenvalue weighted by Gasteiger charge is -2.13. The van der Waals surface area contributed by atoms with Gasteiger partial charge in [0, 0.05) is 11.8 Å². The van der Waals surface area contributed by atoms with Crippen LogP contribution in [-0.2, 0) is 0 Å². The zero-order valence-electron chi connectivity index (χ0n) is 14.8. The monoisotopic (exact) mass is 363 g/mol. The first kappa shape index (κ1) is 18.9. The van der Waals surface area contributed by atoms with Crippen LogP contribution in [0.3, 0.4) is 0 Å². The third kappa shape index (κ3) is 5.03. The van der Waals surface area contributed by atoms with Crippen LogP contribution in [0.2, 0.25) is 5.02 Å². The second-order valence-electron chi connectivity index (χ2n) is 5.87. The van der Waals surface area contributed by atoms with E-state index in [0.717, 1.165) is 0 Å². The third-order valence-electron chi connectivity index (χ3n) is 3.42. The minimum atomic E-state index is -0.300. The molecule has 1 N–H and O–H groups in total. The molecule has 134 valence electrons. The maximum Gasteiger partial charge on any atom is 0.259 e. The van der Waals surface area contributed by atoms with Crippen molar-refractivity contribution in [3.05, 3.63) is 47.0 Å². The highest BCUT2D eigenvalue weighted by molar-refractivity contribution is 6.32. The van der Waals surface area contributed by atoms with Gasteiger partial charge in [0.2, 0.25) is 0 Å². The fourth-order valence-electron chi connectivity index (χ4n) is 2.14. The minimum absolute atomic E-state index is 0.300. The molecule has 0 aliphatic rings. The summed E-state index contributed by atoms with van der Waals surface area (Å²) in [6, 6.07) is 10.2. The summed E-state index contributed by atoms with van der Waals surface area (Å²) < 4.78 is 16.0. The maximum atomic E-state index is 12.5. The molecule has 0 spiro atoms. The Bertz CT molecular complexity index is 746. The number of carbonyl (C=O) groups is 1. The molecule has 2 rings (SSSR count). The number of amides is 1. The van der Waals surface area contributed by atoms with E-state index in [2.05, 4.69) is 19.2 Å². The van der Waals surface area contributed by atoms with Crippen molar-refractivity contribution in [3.63, 3.8) is 0 Å². The molecule has 0 saturated heterocycles. The number of rotatable bonds is 7. The van der Waals surface area contributed by atoms with E-state index in [0.29, 0.717) is 46.0 Å². The molecule has 0 aromatic heterocycles. The molecule has 25 heavy (non-hydrogen) atoms. The summed E-state index contributed by atoms with van der Waals surface area (Å²) in [5.41, 5.74) is 0.976. The molecule has 6 heteroatoms. The summed E-state index contributed by atoms with van der Waals surface area (Å²) in [7, 11) is 3.06. The summed E-state index contributed by atoms with van der Waals surface area (Å²) >= 11 is 6.22. The van der Waals surface area contributed by atoms with Crippen molar-refractivity contribution in [2.75, 3.05) is 26.1 Å². The molecule has 0 unspecified atom stereocenters. The number of ether oxygens (including phenoxy) is 3. The number of carbonyl (C=O) groups excluding carboxylic acids is 1. The Kier molecular flexibility index (Phi) is 6.53. The van der Waals surface area contributed by atoms with Gasteiger partial charge < -0.3 is 19.5 Å². The number of halogens is 1. The molecule has 2 aromatic rings. The lowest BCUT2D eigenvalue weighted by Crippen LogP contribution is -2.13. The Morgan fingerprint density at radius 3 is 2.44 bits per heavy atom. The van der Waals surface area contributed by atoms with Crippen molar-refractivity contribution in [3.8, 4) is 17.2 Å². The lowest BCUT2D eigenvalue weighted by atomic mass is 10.1. The summed E-state index contributed by atoms with van der Waals surface area (Å²) in [5.74, 6) is 1.74. The highest BCUT2D eigenvalue weighted by atomic mass is 35.5. The Morgan fingerprint density at radius 1 is 1.08 bits per heavy atom. The van der Waals surface area contributed by atoms with E-state index >= 15 is 0 Å². The highest BCUT2D eigenvalue weighted by Gasteiger charge is 2.14. The van der Waals surface area contributed by atoms with Crippen LogP contribution in [0.25, 0.3) is 0 Å². The lowest BCUT2D eigenvalue weighted by molar-refractivity contribution is 0.102. The smallest absolute Gasteiger partial charge is 0.259 e. The van der Waals surface area contributed by atoms with Gasteiger partial charge in [-0.2, -0.15) is 0 Å². The Balaban J connectivity index is 2.14. The zero-order chi connectivity index (χ0) is 18.4. The van der Waals surface area contributed by atoms with Gasteiger partial charge in [-0.1, -0.05) is 25.4 Å². The number of hydrogen-bond donors (Lipinski definition) is 1. The summed E-state index contributed by atoms with van der Waals surface area (Å²) in [5, 5.41) is 3.25. The van der Waals surface area contributed by atoms with E-state index in [1.165, 1.54) is 7.11 Å². The summed E-state index contributed by atoms with van der Waals surface area (Å²) in [4.78, 5) is 12.5. The quantitative estimate of drug-likeness (QED) is 0.778. The van der Waals surface area contributed by atoms with Crippen LogP contribution in [0.4, 0.5) is 5.69 Å². The van der Waals surface area contributed by atoms with Gasteiger partial charge in [0.15, 0.2) is 0 Å². The molecule has 0 bridgehead atoms. The molecule has 0 radical (unpaired) electrons. The molecule has 1 amide bonds. The fourth-order valence-corrected chi connectivity index (χ4v) is 2.37. The summed E-state index contributed by atoms with van der Waals surface area (Å²) in [6.07, 6.45) is 0. The molecule has 0 saturated carbocycles. The number of anilines is 1. The Hall–Kier alpha value is -2.40. The third-order valence-corrected chi connectivity index (χ3v) is 3.71. The van der Waals surface area contributed by atoms with Crippen LogP contribution >= 0.6 is 11.6 Å². The number of methoxy groups -OCH3 is 2. The second-order valence-corrected chi connectivity index (χ2v) is 6.28. The zero-order valence-corrected chi connectivity index (χ0v) is 15.5. The largest absolute Gasteiger partial charge is 0.497 e. The number of nitrogens with one attached hydrogen (secondary N) is 1. The Labute approximate surface area is 152 Å². The van der Waals surface area contributed by atoms with Crippen molar-refractivity contribution in [1.29, 1.82) is 0 Å². The van der Waals surface area contributed by atoms with Crippen LogP contribution in [0.5, 0.6) is 17.2 Å². The molecular weight excluding hydrogens is 342 g/mol. The predicted molar refractivity (Wildman–Crippen MR) is 99.3 cm³/mol. The van der Waals surface area contributed by atoms with Gasteiger partial charge in [-0.05, 0) is 36.2 Å². The normalized spacial score (nSPS) is 10.5. The van der Waals surface area contributed by atoms with Crippen LogP contribution in [0.1, 0.15) is 24.2 Å². The molecule has 2 aromatic carbocycles. The number of benzene rings is 2. The fraction of sp³-hybridized carbons (Fsp3) is 0.316. The molecule has 0 fully saturated rings. The van der Waals surface area contributed by atoms with E-state index < -0.39 is 0 Å². The van der Waals surface area contributed by atoms with E-state index in [1.54, 1.807) is 43.5 Å². The van der Waals surface area contributed by atoms with Crippen molar-refractivity contribution in [2.45, 2.75) is 13.8 Å². The van der Waals surface area contributed by atoms with Crippen molar-refractivity contribution < 1.29 is 19.0 Å². The van der Waals surface area contributed by atoms with Gasteiger partial charge in [-0.15, -0.1) is 0 Å². The van der Waals surface area contributed by atoms with E-state index in [9.17, 15) is 4.79 Å². The number of hydrogen-bond acceptors (Lipinski definition) is 4. The summed E-state index contributed by atoms with van der Waals surface area (Å²) in [6.45, 7) is 4.70. The van der Waals surface area contributed by atoms with Gasteiger partial charge in [-0.25, -0.2) is 0 Å².